The van der Waals surface area contributed by atoms with Crippen molar-refractivity contribution in [3.05, 3.63) is 23.8 Å². The van der Waals surface area contributed by atoms with Gasteiger partial charge in [0.15, 0.2) is 5.79 Å². The Kier molecular flexibility index (Phi) is 5.92. The zero-order valence-electron chi connectivity index (χ0n) is 20.2. The molecule has 0 aromatic heterocycles. The van der Waals surface area contributed by atoms with Gasteiger partial charge >= 0.3 is 0 Å². The Morgan fingerprint density at radius 1 is 0.886 bits per heavy atom. The molecular weight excluding hydrogens is 448 g/mol. The molecule has 0 aliphatic carbocycles. The molecule has 0 saturated carbocycles. The fourth-order valence-corrected chi connectivity index (χ4v) is 6.27. The van der Waals surface area contributed by atoms with E-state index in [9.17, 15) is 14.4 Å². The number of hydrogen-bond donors (Lipinski definition) is 0. The minimum absolute atomic E-state index is 0.00249. The summed E-state index contributed by atoms with van der Waals surface area (Å²) in [6.45, 7) is 4.66. The lowest BCUT2D eigenvalue weighted by atomic mass is 9.95. The second kappa shape index (κ2) is 9.09. The summed E-state index contributed by atoms with van der Waals surface area (Å²) >= 11 is 0. The van der Waals surface area contributed by atoms with Crippen LogP contribution in [-0.4, -0.2) is 91.8 Å². The van der Waals surface area contributed by atoms with Crippen LogP contribution in [0.2, 0.25) is 0 Å². The third-order valence-electron chi connectivity index (χ3n) is 8.25. The van der Waals surface area contributed by atoms with E-state index in [4.69, 9.17) is 9.47 Å². The lowest BCUT2D eigenvalue weighted by Gasteiger charge is -2.46. The highest BCUT2D eigenvalue weighted by Gasteiger charge is 2.43. The molecule has 1 aromatic carbocycles. The number of fused-ring (bicyclic) bond motifs is 3. The number of carbonyl (C=O) groups is 3. The van der Waals surface area contributed by atoms with E-state index in [1.54, 1.807) is 4.90 Å². The average Bonchev–Trinajstić information content (AvgIpc) is 3.59. The van der Waals surface area contributed by atoms with Gasteiger partial charge in [0.2, 0.25) is 11.8 Å². The maximum absolute atomic E-state index is 13.7. The van der Waals surface area contributed by atoms with Gasteiger partial charge in [-0.3, -0.25) is 19.3 Å². The maximum atomic E-state index is 13.7. The van der Waals surface area contributed by atoms with E-state index in [0.29, 0.717) is 50.4 Å². The molecule has 1 aromatic rings. The van der Waals surface area contributed by atoms with E-state index in [1.165, 1.54) is 0 Å². The molecule has 0 radical (unpaired) electrons. The molecule has 6 rings (SSSR count). The molecule has 0 N–H and O–H groups in total. The molecule has 3 amide bonds. The van der Waals surface area contributed by atoms with Crippen molar-refractivity contribution in [2.24, 2.45) is 0 Å². The van der Waals surface area contributed by atoms with Crippen LogP contribution in [-0.2, 0) is 19.1 Å². The van der Waals surface area contributed by atoms with Crippen LogP contribution in [0.25, 0.3) is 0 Å². The van der Waals surface area contributed by atoms with E-state index in [0.717, 1.165) is 57.4 Å². The van der Waals surface area contributed by atoms with Crippen LogP contribution < -0.4 is 9.80 Å². The largest absolute Gasteiger partial charge is 0.358 e. The topological polar surface area (TPSA) is 82.6 Å². The number of piperidine rings is 2. The zero-order valence-corrected chi connectivity index (χ0v) is 20.2. The molecular formula is C26H34N4O5. The molecule has 1 spiro atoms. The van der Waals surface area contributed by atoms with Crippen molar-refractivity contribution in [3.63, 3.8) is 0 Å². The normalized spacial score (nSPS) is 25.7. The fourth-order valence-electron chi connectivity index (χ4n) is 6.27. The van der Waals surface area contributed by atoms with Crippen molar-refractivity contribution in [1.29, 1.82) is 0 Å². The van der Waals surface area contributed by atoms with Gasteiger partial charge in [0.05, 0.1) is 24.6 Å². The van der Waals surface area contributed by atoms with E-state index < -0.39 is 5.79 Å². The molecule has 4 saturated heterocycles. The van der Waals surface area contributed by atoms with Crippen molar-refractivity contribution in [1.82, 2.24) is 9.80 Å². The molecule has 35 heavy (non-hydrogen) atoms. The fraction of sp³-hybridized carbons (Fsp3) is 0.654. The molecule has 4 fully saturated rings. The van der Waals surface area contributed by atoms with Crippen LogP contribution in [0.15, 0.2) is 18.2 Å². The Balaban J connectivity index is 1.25. The summed E-state index contributed by atoms with van der Waals surface area (Å²) in [5, 5.41) is 0. The number of ether oxygens (including phenoxy) is 2. The second-order valence-electron chi connectivity index (χ2n) is 10.3. The first kappa shape index (κ1) is 22.8. The van der Waals surface area contributed by atoms with Gasteiger partial charge in [-0.2, -0.15) is 0 Å². The third kappa shape index (κ3) is 4.08. The minimum atomic E-state index is -0.544. The smallest absolute Gasteiger partial charge is 0.253 e. The number of likely N-dealkylation sites (tertiary alicyclic amines) is 2. The van der Waals surface area contributed by atoms with Gasteiger partial charge in [-0.1, -0.05) is 0 Å². The van der Waals surface area contributed by atoms with Crippen LogP contribution in [0.4, 0.5) is 11.4 Å². The summed E-state index contributed by atoms with van der Waals surface area (Å²) in [5.41, 5.74) is 2.22. The van der Waals surface area contributed by atoms with E-state index >= 15 is 0 Å². The van der Waals surface area contributed by atoms with Gasteiger partial charge in [-0.15, -0.1) is 0 Å². The number of nitrogens with zero attached hydrogens (tertiary/aromatic N) is 4. The standard InChI is InChI=1S/C26H34N4O5/c31-23(27-13-8-26(9-14-27)34-15-16-35-26)18-30-22-17-19(24(32)28-10-3-4-11-28)6-7-20(22)29-12-2-1-5-21(29)25(30)33/h6-7,17,21H,1-5,8-16,18H2/t21-/m0/s1. The van der Waals surface area contributed by atoms with Gasteiger partial charge in [0.25, 0.3) is 5.91 Å². The van der Waals surface area contributed by atoms with Crippen molar-refractivity contribution < 1.29 is 23.9 Å². The monoisotopic (exact) mass is 482 g/mol. The molecule has 0 bridgehead atoms. The first-order valence-corrected chi connectivity index (χ1v) is 13.1. The van der Waals surface area contributed by atoms with Gasteiger partial charge in [0, 0.05) is 51.1 Å². The first-order valence-electron chi connectivity index (χ1n) is 13.1. The van der Waals surface area contributed by atoms with Crippen molar-refractivity contribution >= 4 is 29.1 Å². The van der Waals surface area contributed by atoms with Gasteiger partial charge in [-0.25, -0.2) is 0 Å². The van der Waals surface area contributed by atoms with Crippen LogP contribution in [0.3, 0.4) is 0 Å². The van der Waals surface area contributed by atoms with Crippen LogP contribution >= 0.6 is 0 Å². The minimum Gasteiger partial charge on any atom is -0.358 e. The van der Waals surface area contributed by atoms with Gasteiger partial charge < -0.3 is 24.2 Å². The lowest BCUT2D eigenvalue weighted by molar-refractivity contribution is -0.187. The summed E-state index contributed by atoms with van der Waals surface area (Å²) in [7, 11) is 0. The zero-order chi connectivity index (χ0) is 24.0. The van der Waals surface area contributed by atoms with Crippen LogP contribution in [0.1, 0.15) is 55.3 Å². The van der Waals surface area contributed by atoms with Crippen LogP contribution in [0.5, 0.6) is 0 Å². The van der Waals surface area contributed by atoms with Crippen molar-refractivity contribution in [3.8, 4) is 0 Å². The summed E-state index contributed by atoms with van der Waals surface area (Å²) < 4.78 is 11.6. The van der Waals surface area contributed by atoms with Gasteiger partial charge in [-0.05, 0) is 50.3 Å². The third-order valence-corrected chi connectivity index (χ3v) is 8.25. The molecule has 5 heterocycles. The maximum Gasteiger partial charge on any atom is 0.253 e. The van der Waals surface area contributed by atoms with Crippen molar-refractivity contribution in [2.45, 2.75) is 56.8 Å². The van der Waals surface area contributed by atoms with Crippen LogP contribution in [0, 0.1) is 0 Å². The highest BCUT2D eigenvalue weighted by molar-refractivity contribution is 6.09. The predicted molar refractivity (Wildman–Crippen MR) is 129 cm³/mol. The number of rotatable bonds is 3. The second-order valence-corrected chi connectivity index (χ2v) is 10.3. The number of anilines is 2. The van der Waals surface area contributed by atoms with Gasteiger partial charge in [0.1, 0.15) is 12.6 Å². The number of carbonyl (C=O) groups excluding carboxylic acids is 3. The summed E-state index contributed by atoms with van der Waals surface area (Å²) in [4.78, 5) is 47.6. The highest BCUT2D eigenvalue weighted by Crippen LogP contribution is 2.40. The summed E-state index contributed by atoms with van der Waals surface area (Å²) in [6, 6.07) is 5.44. The molecule has 0 unspecified atom stereocenters. The molecule has 5 aliphatic heterocycles. The first-order chi connectivity index (χ1) is 17.0. The SMILES string of the molecule is O=C(CN1C(=O)[C@@H]2CCCCN2c2ccc(C(=O)N3CCCC3)cc21)N1CCC2(CC1)OCCO2. The summed E-state index contributed by atoms with van der Waals surface area (Å²) in [6.07, 6.45) is 6.18. The lowest BCUT2D eigenvalue weighted by Crippen LogP contribution is -2.58. The summed E-state index contributed by atoms with van der Waals surface area (Å²) in [5.74, 6) is -0.648. The number of hydrogen-bond acceptors (Lipinski definition) is 6. The molecule has 9 heteroatoms. The Labute approximate surface area is 205 Å². The van der Waals surface area contributed by atoms with E-state index in [-0.39, 0.29) is 30.3 Å². The highest BCUT2D eigenvalue weighted by atomic mass is 16.7. The average molecular weight is 483 g/mol. The van der Waals surface area contributed by atoms with E-state index in [1.807, 2.05) is 28.0 Å². The molecule has 5 aliphatic rings. The Bertz CT molecular complexity index is 1010. The molecule has 1 atom stereocenters. The molecule has 9 nitrogen and oxygen atoms in total. The number of benzene rings is 1. The quantitative estimate of drug-likeness (QED) is 0.656. The van der Waals surface area contributed by atoms with E-state index in [2.05, 4.69) is 4.90 Å². The molecule has 188 valence electrons. The Morgan fingerprint density at radius 3 is 2.34 bits per heavy atom. The number of amides is 3. The predicted octanol–water partition coefficient (Wildman–Crippen LogP) is 1.99. The van der Waals surface area contributed by atoms with Crippen molar-refractivity contribution in [2.75, 3.05) is 62.3 Å². The Morgan fingerprint density at radius 2 is 1.60 bits per heavy atom. The Hall–Kier alpha value is -2.65.